The lowest BCUT2D eigenvalue weighted by Crippen LogP contribution is -2.20. The molecule has 2 N–H and O–H groups in total. The lowest BCUT2D eigenvalue weighted by atomic mass is 10.0. The van der Waals surface area contributed by atoms with Gasteiger partial charge in [0.1, 0.15) is 18.2 Å². The van der Waals surface area contributed by atoms with E-state index >= 15 is 0 Å². The summed E-state index contributed by atoms with van der Waals surface area (Å²) in [7, 11) is 0. The van der Waals surface area contributed by atoms with Gasteiger partial charge in [0.2, 0.25) is 0 Å². The van der Waals surface area contributed by atoms with E-state index < -0.39 is 23.6 Å². The van der Waals surface area contributed by atoms with Gasteiger partial charge in [0.15, 0.2) is 0 Å². The average Bonchev–Trinajstić information content (AvgIpc) is 2.45. The number of alkyl halides is 3. The van der Waals surface area contributed by atoms with Gasteiger partial charge in [0, 0.05) is 0 Å². The summed E-state index contributed by atoms with van der Waals surface area (Å²) in [6, 6.07) is 10.7. The maximum Gasteiger partial charge on any atom is 0.419 e. The molecule has 0 fully saturated rings. The molecule has 0 aliphatic heterocycles. The van der Waals surface area contributed by atoms with Crippen LogP contribution >= 0.6 is 12.4 Å². The van der Waals surface area contributed by atoms with E-state index in [4.69, 9.17) is 10.5 Å². The van der Waals surface area contributed by atoms with E-state index in [-0.39, 0.29) is 24.6 Å². The van der Waals surface area contributed by atoms with Crippen LogP contribution in [-0.2, 0) is 6.18 Å². The molecule has 2 nitrogen and oxygen atoms in total. The van der Waals surface area contributed by atoms with Crippen molar-refractivity contribution in [2.24, 2.45) is 5.73 Å². The van der Waals surface area contributed by atoms with Gasteiger partial charge in [-0.25, -0.2) is 4.39 Å². The third-order valence-electron chi connectivity index (χ3n) is 2.90. The van der Waals surface area contributed by atoms with Crippen LogP contribution < -0.4 is 10.5 Å². The standard InChI is InChI=1S/C15H13F4NO.ClH/c16-13-7-6-10(8-12(13)15(17,18)19)14(20)9-21-11-4-2-1-3-5-11;/h1-8,14H,9,20H2;1H/t14-;/m0./s1. The molecule has 0 saturated carbocycles. The maximum absolute atomic E-state index is 13.2. The van der Waals surface area contributed by atoms with Crippen molar-refractivity contribution < 1.29 is 22.3 Å². The number of benzene rings is 2. The SMILES string of the molecule is Cl.N[C@@H](COc1ccccc1)c1ccc(F)c(C(F)(F)F)c1. The Bertz CT molecular complexity index is 604. The Balaban J connectivity index is 0.00000242. The number of hydrogen-bond donors (Lipinski definition) is 1. The van der Waals surface area contributed by atoms with Crippen molar-refractivity contribution in [1.82, 2.24) is 0 Å². The van der Waals surface area contributed by atoms with Crippen LogP contribution in [0.2, 0.25) is 0 Å². The zero-order valence-corrected chi connectivity index (χ0v) is 12.1. The third kappa shape index (κ3) is 4.61. The first-order valence-electron chi connectivity index (χ1n) is 6.18. The summed E-state index contributed by atoms with van der Waals surface area (Å²) in [5.41, 5.74) is 4.63. The van der Waals surface area contributed by atoms with Gasteiger partial charge in [-0.15, -0.1) is 12.4 Å². The molecule has 0 aliphatic carbocycles. The molecule has 22 heavy (non-hydrogen) atoms. The molecule has 0 spiro atoms. The van der Waals surface area contributed by atoms with Crippen LogP contribution in [0.25, 0.3) is 0 Å². The van der Waals surface area contributed by atoms with Gasteiger partial charge in [0.25, 0.3) is 0 Å². The molecule has 0 unspecified atom stereocenters. The lowest BCUT2D eigenvalue weighted by Gasteiger charge is -2.16. The highest BCUT2D eigenvalue weighted by Crippen LogP contribution is 2.32. The molecule has 0 aromatic heterocycles. The molecule has 0 aliphatic rings. The fraction of sp³-hybridized carbons (Fsp3) is 0.200. The number of ether oxygens (including phenoxy) is 1. The predicted octanol–water partition coefficient (Wildman–Crippen LogP) is 4.35. The Kier molecular flexibility index (Phi) is 6.20. The largest absolute Gasteiger partial charge is 0.492 e. The Morgan fingerprint density at radius 2 is 1.68 bits per heavy atom. The van der Waals surface area contributed by atoms with Crippen LogP contribution in [-0.4, -0.2) is 6.61 Å². The highest BCUT2D eigenvalue weighted by Gasteiger charge is 2.34. The third-order valence-corrected chi connectivity index (χ3v) is 2.90. The van der Waals surface area contributed by atoms with Gasteiger partial charge >= 0.3 is 6.18 Å². The summed E-state index contributed by atoms with van der Waals surface area (Å²) in [4.78, 5) is 0. The Morgan fingerprint density at radius 1 is 1.05 bits per heavy atom. The van der Waals surface area contributed by atoms with Crippen molar-refractivity contribution in [2.75, 3.05) is 6.61 Å². The lowest BCUT2D eigenvalue weighted by molar-refractivity contribution is -0.140. The van der Waals surface area contributed by atoms with Crippen LogP contribution in [0.1, 0.15) is 17.2 Å². The molecule has 0 radical (unpaired) electrons. The highest BCUT2D eigenvalue weighted by atomic mass is 35.5. The van der Waals surface area contributed by atoms with Gasteiger partial charge in [-0.1, -0.05) is 24.3 Å². The van der Waals surface area contributed by atoms with Crippen molar-refractivity contribution in [3.63, 3.8) is 0 Å². The van der Waals surface area contributed by atoms with E-state index in [9.17, 15) is 17.6 Å². The first-order valence-corrected chi connectivity index (χ1v) is 6.18. The molecule has 2 rings (SSSR count). The van der Waals surface area contributed by atoms with Gasteiger partial charge in [-0.05, 0) is 29.8 Å². The van der Waals surface area contributed by atoms with Crippen molar-refractivity contribution in [3.8, 4) is 5.75 Å². The molecule has 7 heteroatoms. The first-order chi connectivity index (χ1) is 9.88. The molecule has 2 aromatic carbocycles. The number of rotatable bonds is 4. The average molecular weight is 336 g/mol. The normalized spacial score (nSPS) is 12.4. The predicted molar refractivity (Wildman–Crippen MR) is 77.5 cm³/mol. The molecule has 120 valence electrons. The minimum absolute atomic E-state index is 0. The van der Waals surface area contributed by atoms with Gasteiger partial charge < -0.3 is 10.5 Å². The highest BCUT2D eigenvalue weighted by molar-refractivity contribution is 5.85. The second-order valence-electron chi connectivity index (χ2n) is 4.47. The molecule has 0 bridgehead atoms. The number of para-hydroxylation sites is 1. The summed E-state index contributed by atoms with van der Waals surface area (Å²) in [5, 5.41) is 0. The molecule has 1 atom stereocenters. The summed E-state index contributed by atoms with van der Waals surface area (Å²) < 4.78 is 56.5. The van der Waals surface area contributed by atoms with E-state index in [1.54, 1.807) is 24.3 Å². The van der Waals surface area contributed by atoms with Crippen LogP contribution in [0.3, 0.4) is 0 Å². The fourth-order valence-corrected chi connectivity index (χ4v) is 1.79. The van der Waals surface area contributed by atoms with Gasteiger partial charge in [-0.2, -0.15) is 13.2 Å². The number of hydrogen-bond acceptors (Lipinski definition) is 2. The molecular weight excluding hydrogens is 322 g/mol. The summed E-state index contributed by atoms with van der Waals surface area (Å²) in [6.07, 6.45) is -4.75. The molecule has 0 heterocycles. The zero-order valence-electron chi connectivity index (χ0n) is 11.3. The van der Waals surface area contributed by atoms with Crippen LogP contribution in [0.5, 0.6) is 5.75 Å². The number of nitrogens with two attached hydrogens (primary N) is 1. The minimum Gasteiger partial charge on any atom is -0.492 e. The molecule has 0 amide bonds. The topological polar surface area (TPSA) is 35.2 Å². The minimum atomic E-state index is -4.75. The van der Waals surface area contributed by atoms with Gasteiger partial charge in [-0.3, -0.25) is 0 Å². The van der Waals surface area contributed by atoms with Crippen LogP contribution in [0, 0.1) is 5.82 Å². The molecule has 0 saturated heterocycles. The van der Waals surface area contributed by atoms with E-state index in [1.165, 1.54) is 6.07 Å². The van der Waals surface area contributed by atoms with E-state index in [0.717, 1.165) is 6.07 Å². The Hall–Kier alpha value is -1.79. The second kappa shape index (κ2) is 7.47. The maximum atomic E-state index is 13.2. The van der Waals surface area contributed by atoms with Gasteiger partial charge in [0.05, 0.1) is 11.6 Å². The van der Waals surface area contributed by atoms with Crippen molar-refractivity contribution >= 4 is 12.4 Å². The van der Waals surface area contributed by atoms with E-state index in [2.05, 4.69) is 0 Å². The van der Waals surface area contributed by atoms with Crippen molar-refractivity contribution in [3.05, 3.63) is 65.5 Å². The smallest absolute Gasteiger partial charge is 0.419 e. The molecular formula is C15H14ClF4NO. The second-order valence-corrected chi connectivity index (χ2v) is 4.47. The van der Waals surface area contributed by atoms with E-state index in [1.807, 2.05) is 6.07 Å². The molecule has 2 aromatic rings. The van der Waals surface area contributed by atoms with Crippen molar-refractivity contribution in [2.45, 2.75) is 12.2 Å². The summed E-state index contributed by atoms with van der Waals surface area (Å²) in [6.45, 7) is -0.00700. The van der Waals surface area contributed by atoms with E-state index in [0.29, 0.717) is 11.8 Å². The summed E-state index contributed by atoms with van der Waals surface area (Å²) in [5.74, 6) is -0.756. The quantitative estimate of drug-likeness (QED) is 0.843. The zero-order chi connectivity index (χ0) is 15.5. The van der Waals surface area contributed by atoms with Crippen LogP contribution in [0.4, 0.5) is 17.6 Å². The summed E-state index contributed by atoms with van der Waals surface area (Å²) >= 11 is 0. The monoisotopic (exact) mass is 335 g/mol. The first kappa shape index (κ1) is 18.3. The fourth-order valence-electron chi connectivity index (χ4n) is 1.79. The Morgan fingerprint density at radius 3 is 2.27 bits per heavy atom. The van der Waals surface area contributed by atoms with Crippen molar-refractivity contribution in [1.29, 1.82) is 0 Å². The number of halogens is 5. The van der Waals surface area contributed by atoms with Crippen LogP contribution in [0.15, 0.2) is 48.5 Å². The Labute approximate surface area is 131 Å².